The molecule has 1 N–H and O–H groups in total. The molecule has 6 rings (SSSR count). The fourth-order valence-corrected chi connectivity index (χ4v) is 5.76. The van der Waals surface area contributed by atoms with Crippen molar-refractivity contribution in [1.29, 1.82) is 0 Å². The van der Waals surface area contributed by atoms with E-state index in [1.54, 1.807) is 7.11 Å². The Hall–Kier alpha value is -1.85. The van der Waals surface area contributed by atoms with Crippen LogP contribution in [0.2, 0.25) is 0 Å². The predicted molar refractivity (Wildman–Crippen MR) is 106 cm³/mol. The van der Waals surface area contributed by atoms with Crippen LogP contribution in [0.5, 0.6) is 5.75 Å². The molecule has 0 saturated carbocycles. The topological polar surface area (TPSA) is 44.4 Å². The number of aromatic nitrogens is 2. The first-order chi connectivity index (χ1) is 13.3. The normalized spacial score (nSPS) is 32.6. The van der Waals surface area contributed by atoms with Gasteiger partial charge in [-0.15, -0.1) is 0 Å². The largest absolute Gasteiger partial charge is 0.497 e. The smallest absolute Gasteiger partial charge is 0.118 e. The number of benzene rings is 1. The van der Waals surface area contributed by atoms with E-state index >= 15 is 0 Å². The Bertz CT molecular complexity index is 778. The molecule has 1 aromatic heterocycles. The molecule has 2 aromatic rings. The summed E-state index contributed by atoms with van der Waals surface area (Å²) in [5.41, 5.74) is 3.89. The van der Waals surface area contributed by atoms with Crippen LogP contribution in [0.1, 0.15) is 42.6 Å². The first kappa shape index (κ1) is 17.3. The van der Waals surface area contributed by atoms with E-state index in [4.69, 9.17) is 4.74 Å². The van der Waals surface area contributed by atoms with Crippen LogP contribution in [0.4, 0.5) is 0 Å². The number of hydrogen-bond acceptors (Lipinski definition) is 4. The minimum atomic E-state index is 0.581. The lowest BCUT2D eigenvalue weighted by Gasteiger charge is -2.51. The number of nitrogens with zero attached hydrogens (tertiary/aromatic N) is 3. The van der Waals surface area contributed by atoms with Crippen molar-refractivity contribution in [3.8, 4) is 5.75 Å². The minimum absolute atomic E-state index is 0.581. The van der Waals surface area contributed by atoms with Crippen molar-refractivity contribution in [2.75, 3.05) is 26.7 Å². The van der Waals surface area contributed by atoms with E-state index in [1.807, 2.05) is 0 Å². The molecular weight excluding hydrogens is 336 g/mol. The number of fused-ring (bicyclic) bond motifs is 2. The van der Waals surface area contributed by atoms with Gasteiger partial charge in [0, 0.05) is 36.8 Å². The maximum Gasteiger partial charge on any atom is 0.118 e. The van der Waals surface area contributed by atoms with Gasteiger partial charge in [-0.3, -0.25) is 14.9 Å². The van der Waals surface area contributed by atoms with Gasteiger partial charge in [-0.1, -0.05) is 19.1 Å². The van der Waals surface area contributed by atoms with Gasteiger partial charge in [-0.2, -0.15) is 5.10 Å². The second-order valence-corrected chi connectivity index (χ2v) is 8.40. The van der Waals surface area contributed by atoms with Gasteiger partial charge >= 0.3 is 0 Å². The highest BCUT2D eigenvalue weighted by atomic mass is 16.5. The number of aromatic amines is 1. The number of aryl methyl sites for hydroxylation is 1. The lowest BCUT2D eigenvalue weighted by atomic mass is 9.75. The van der Waals surface area contributed by atoms with Crippen LogP contribution < -0.4 is 4.74 Å². The van der Waals surface area contributed by atoms with E-state index in [0.29, 0.717) is 18.0 Å². The monoisotopic (exact) mass is 366 g/mol. The third-order valence-corrected chi connectivity index (χ3v) is 7.06. The van der Waals surface area contributed by atoms with Gasteiger partial charge in [0.25, 0.3) is 0 Å². The van der Waals surface area contributed by atoms with E-state index < -0.39 is 0 Å². The number of rotatable bonds is 5. The predicted octanol–water partition coefficient (Wildman–Crippen LogP) is 3.04. The number of hydrogen-bond donors (Lipinski definition) is 1. The number of likely N-dealkylation sites (tertiary alicyclic amines) is 1. The van der Waals surface area contributed by atoms with Crippen LogP contribution in [0.3, 0.4) is 0 Å². The molecule has 0 aliphatic carbocycles. The summed E-state index contributed by atoms with van der Waals surface area (Å²) in [6.07, 6.45) is 3.71. The summed E-state index contributed by atoms with van der Waals surface area (Å²) in [6.45, 7) is 6.84. The molecule has 5 heteroatoms. The molecule has 0 radical (unpaired) electrons. The Balaban J connectivity index is 1.43. The fourth-order valence-electron chi connectivity index (χ4n) is 5.76. The Morgan fingerprint density at radius 1 is 1.15 bits per heavy atom. The van der Waals surface area contributed by atoms with Crippen molar-refractivity contribution < 1.29 is 4.74 Å². The third kappa shape index (κ3) is 2.97. The minimum Gasteiger partial charge on any atom is -0.497 e. The molecular formula is C22H30N4O. The lowest BCUT2D eigenvalue weighted by Crippen LogP contribution is -2.60. The molecule has 0 spiro atoms. The molecule has 2 bridgehead atoms. The highest BCUT2D eigenvalue weighted by molar-refractivity contribution is 5.33. The Kier molecular flexibility index (Phi) is 4.44. The standard InChI is InChI=1S/C22H30N4O/c1-3-17-12-18(24-23-17)13-26-14-20(15-4-6-19(27-2)7-5-15)22-21(26)16-8-10-25(22)11-9-16/h4-7,12,16,20-22H,3,8-11,13-14H2,1-2H3,(H,23,24)/t20-,21+,22+/m0/s1. The number of nitrogens with one attached hydrogen (secondary N) is 1. The van der Waals surface area contributed by atoms with Gasteiger partial charge in [0.05, 0.1) is 12.8 Å². The molecule has 0 unspecified atom stereocenters. The molecule has 3 atom stereocenters. The summed E-state index contributed by atoms with van der Waals surface area (Å²) >= 11 is 0. The van der Waals surface area contributed by atoms with Crippen molar-refractivity contribution in [3.63, 3.8) is 0 Å². The first-order valence-electron chi connectivity index (χ1n) is 10.4. The summed E-state index contributed by atoms with van der Waals surface area (Å²) < 4.78 is 5.37. The van der Waals surface area contributed by atoms with Crippen molar-refractivity contribution in [2.24, 2.45) is 5.92 Å². The summed E-state index contributed by atoms with van der Waals surface area (Å²) in [6, 6.07) is 12.4. The molecule has 0 amide bonds. The van der Waals surface area contributed by atoms with Crippen LogP contribution in [-0.2, 0) is 13.0 Å². The number of H-pyrrole nitrogens is 1. The summed E-state index contributed by atoms with van der Waals surface area (Å²) in [4.78, 5) is 5.51. The average molecular weight is 367 g/mol. The molecule has 5 nitrogen and oxygen atoms in total. The fraction of sp³-hybridized carbons (Fsp3) is 0.591. The second-order valence-electron chi connectivity index (χ2n) is 8.40. The molecule has 5 heterocycles. The zero-order valence-corrected chi connectivity index (χ0v) is 16.4. The Labute approximate surface area is 161 Å². The molecule has 4 aliphatic rings. The maximum atomic E-state index is 5.37. The van der Waals surface area contributed by atoms with E-state index in [-0.39, 0.29) is 0 Å². The van der Waals surface area contributed by atoms with Crippen LogP contribution in [0.25, 0.3) is 0 Å². The molecule has 4 fully saturated rings. The van der Waals surface area contributed by atoms with Crippen LogP contribution in [0.15, 0.2) is 30.3 Å². The van der Waals surface area contributed by atoms with Crippen LogP contribution >= 0.6 is 0 Å². The van der Waals surface area contributed by atoms with Gasteiger partial charge in [0.15, 0.2) is 0 Å². The molecule has 4 aliphatic heterocycles. The average Bonchev–Trinajstić information content (AvgIpc) is 3.35. The van der Waals surface area contributed by atoms with Gasteiger partial charge in [-0.05, 0) is 62.0 Å². The first-order valence-corrected chi connectivity index (χ1v) is 10.4. The summed E-state index contributed by atoms with van der Waals surface area (Å²) in [7, 11) is 1.74. The molecule has 4 saturated heterocycles. The second kappa shape index (κ2) is 6.95. The van der Waals surface area contributed by atoms with Crippen molar-refractivity contribution in [2.45, 2.75) is 50.7 Å². The molecule has 1 aromatic carbocycles. The highest BCUT2D eigenvalue weighted by Crippen LogP contribution is 2.47. The van der Waals surface area contributed by atoms with E-state index in [1.165, 1.54) is 42.9 Å². The summed E-state index contributed by atoms with van der Waals surface area (Å²) in [5.74, 6) is 2.37. The van der Waals surface area contributed by atoms with Crippen molar-refractivity contribution >= 4 is 0 Å². The summed E-state index contributed by atoms with van der Waals surface area (Å²) in [5, 5.41) is 7.72. The maximum absolute atomic E-state index is 5.37. The number of piperidine rings is 3. The number of methoxy groups -OCH3 is 1. The Morgan fingerprint density at radius 3 is 2.59 bits per heavy atom. The van der Waals surface area contributed by atoms with Crippen molar-refractivity contribution in [3.05, 3.63) is 47.3 Å². The zero-order chi connectivity index (χ0) is 18.4. The quantitative estimate of drug-likeness (QED) is 0.883. The van der Waals surface area contributed by atoms with E-state index in [9.17, 15) is 0 Å². The van der Waals surface area contributed by atoms with Crippen LogP contribution in [-0.4, -0.2) is 58.8 Å². The lowest BCUT2D eigenvalue weighted by molar-refractivity contribution is -0.00898. The van der Waals surface area contributed by atoms with E-state index in [2.05, 4.69) is 57.3 Å². The van der Waals surface area contributed by atoms with Gasteiger partial charge in [-0.25, -0.2) is 0 Å². The van der Waals surface area contributed by atoms with Gasteiger partial charge in [0.2, 0.25) is 0 Å². The van der Waals surface area contributed by atoms with Gasteiger partial charge in [0.1, 0.15) is 5.75 Å². The highest BCUT2D eigenvalue weighted by Gasteiger charge is 2.53. The molecule has 144 valence electrons. The SMILES string of the molecule is CCc1cc(CN2C[C@@H](c3ccc(OC)cc3)[C@@H]3[C@H]2C2CCN3CC2)[nH]n1. The molecule has 27 heavy (non-hydrogen) atoms. The van der Waals surface area contributed by atoms with Gasteiger partial charge < -0.3 is 4.74 Å². The zero-order valence-electron chi connectivity index (χ0n) is 16.4. The van der Waals surface area contributed by atoms with Crippen LogP contribution in [0, 0.1) is 5.92 Å². The number of ether oxygens (including phenoxy) is 1. The Morgan fingerprint density at radius 2 is 1.93 bits per heavy atom. The third-order valence-electron chi connectivity index (χ3n) is 7.06. The van der Waals surface area contributed by atoms with E-state index in [0.717, 1.165) is 31.2 Å². The van der Waals surface area contributed by atoms with Crippen molar-refractivity contribution in [1.82, 2.24) is 20.0 Å².